The number of hydrogen-bond donors (Lipinski definition) is 1. The molecule has 3 rings (SSSR count). The van der Waals surface area contributed by atoms with Gasteiger partial charge in [0.15, 0.2) is 0 Å². The lowest BCUT2D eigenvalue weighted by molar-refractivity contribution is 0.102. The predicted octanol–water partition coefficient (Wildman–Crippen LogP) is 3.57. The predicted molar refractivity (Wildman–Crippen MR) is 88.8 cm³/mol. The molecule has 4 nitrogen and oxygen atoms in total. The average molecular weight is 335 g/mol. The molecule has 23 heavy (non-hydrogen) atoms. The summed E-state index contributed by atoms with van der Waals surface area (Å²) in [6, 6.07) is 11.4. The zero-order chi connectivity index (χ0) is 16.2. The van der Waals surface area contributed by atoms with Gasteiger partial charge >= 0.3 is 0 Å². The minimum Gasteiger partial charge on any atom is -0.378 e. The monoisotopic (exact) mass is 334 g/mol. The maximum absolute atomic E-state index is 13.8. The van der Waals surface area contributed by atoms with E-state index < -0.39 is 11.7 Å². The van der Waals surface area contributed by atoms with Crippen molar-refractivity contribution < 1.29 is 13.9 Å². The van der Waals surface area contributed by atoms with Gasteiger partial charge < -0.3 is 15.0 Å². The molecule has 2 aromatic rings. The van der Waals surface area contributed by atoms with Crippen molar-refractivity contribution in [3.8, 4) is 0 Å². The van der Waals surface area contributed by atoms with Crippen LogP contribution in [-0.4, -0.2) is 32.2 Å². The summed E-state index contributed by atoms with van der Waals surface area (Å²) >= 11 is 5.85. The molecule has 0 aliphatic carbocycles. The molecule has 0 unspecified atom stereocenters. The minimum atomic E-state index is -0.601. The highest BCUT2D eigenvalue weighted by Crippen LogP contribution is 2.27. The highest BCUT2D eigenvalue weighted by molar-refractivity contribution is 6.31. The Bertz CT molecular complexity index is 717. The van der Waals surface area contributed by atoms with E-state index in [0.717, 1.165) is 18.8 Å². The first-order valence-electron chi connectivity index (χ1n) is 7.33. The molecule has 6 heteroatoms. The number of benzene rings is 2. The van der Waals surface area contributed by atoms with Crippen LogP contribution in [0.3, 0.4) is 0 Å². The van der Waals surface area contributed by atoms with Gasteiger partial charge in [-0.2, -0.15) is 0 Å². The number of para-hydroxylation sites is 2. The van der Waals surface area contributed by atoms with Gasteiger partial charge in [-0.05, 0) is 30.3 Å². The summed E-state index contributed by atoms with van der Waals surface area (Å²) in [6.07, 6.45) is 0. The molecule has 0 atom stereocenters. The first-order valence-corrected chi connectivity index (χ1v) is 7.71. The molecule has 0 spiro atoms. The van der Waals surface area contributed by atoms with E-state index >= 15 is 0 Å². The second-order valence-electron chi connectivity index (χ2n) is 5.19. The summed E-state index contributed by atoms with van der Waals surface area (Å²) in [6.45, 7) is 2.78. The molecule has 1 N–H and O–H groups in total. The molecule has 1 amide bonds. The van der Waals surface area contributed by atoms with Gasteiger partial charge in [0.25, 0.3) is 5.91 Å². The van der Waals surface area contributed by atoms with E-state index in [1.54, 1.807) is 6.07 Å². The fraction of sp³-hybridized carbons (Fsp3) is 0.235. The molecule has 1 heterocycles. The summed E-state index contributed by atoms with van der Waals surface area (Å²) in [4.78, 5) is 14.5. The number of nitrogens with zero attached hydrogens (tertiary/aromatic N) is 1. The summed E-state index contributed by atoms with van der Waals surface area (Å²) in [5.41, 5.74) is 1.46. The normalized spacial score (nSPS) is 14.6. The highest BCUT2D eigenvalue weighted by atomic mass is 35.5. The number of amides is 1. The summed E-state index contributed by atoms with van der Waals surface area (Å²) in [5.74, 6) is -1.12. The molecule has 1 aliphatic heterocycles. The Labute approximate surface area is 138 Å². The van der Waals surface area contributed by atoms with Crippen LogP contribution >= 0.6 is 11.6 Å². The maximum atomic E-state index is 13.8. The Hall–Kier alpha value is -2.11. The van der Waals surface area contributed by atoms with Crippen LogP contribution in [0.4, 0.5) is 15.8 Å². The van der Waals surface area contributed by atoms with Crippen molar-refractivity contribution >= 4 is 28.9 Å². The fourth-order valence-corrected chi connectivity index (χ4v) is 2.69. The molecular weight excluding hydrogens is 319 g/mol. The van der Waals surface area contributed by atoms with Crippen LogP contribution in [0.25, 0.3) is 0 Å². The third-order valence-electron chi connectivity index (χ3n) is 3.68. The third-order valence-corrected chi connectivity index (χ3v) is 3.91. The van der Waals surface area contributed by atoms with Crippen molar-refractivity contribution in [2.45, 2.75) is 0 Å². The number of carbonyl (C=O) groups is 1. The zero-order valence-corrected chi connectivity index (χ0v) is 13.1. The number of rotatable bonds is 3. The quantitative estimate of drug-likeness (QED) is 0.933. The standard InChI is InChI=1S/C17H16ClFN2O2/c18-12-5-6-14(19)13(11-12)17(22)20-15-3-1-2-4-16(15)21-7-9-23-10-8-21/h1-6,11H,7-10H2,(H,20,22). The Morgan fingerprint density at radius 2 is 1.91 bits per heavy atom. The number of nitrogens with one attached hydrogen (secondary N) is 1. The maximum Gasteiger partial charge on any atom is 0.258 e. The van der Waals surface area contributed by atoms with E-state index in [1.807, 2.05) is 18.2 Å². The van der Waals surface area contributed by atoms with E-state index in [0.29, 0.717) is 23.9 Å². The summed E-state index contributed by atoms with van der Waals surface area (Å²) in [7, 11) is 0. The van der Waals surface area contributed by atoms with Crippen molar-refractivity contribution in [3.63, 3.8) is 0 Å². The summed E-state index contributed by atoms with van der Waals surface area (Å²) in [5, 5.41) is 3.09. The molecule has 120 valence electrons. The first kappa shape index (κ1) is 15.8. The molecule has 0 bridgehead atoms. The van der Waals surface area contributed by atoms with Gasteiger partial charge in [-0.25, -0.2) is 4.39 Å². The van der Waals surface area contributed by atoms with E-state index in [2.05, 4.69) is 10.2 Å². The van der Waals surface area contributed by atoms with E-state index in [9.17, 15) is 9.18 Å². The van der Waals surface area contributed by atoms with Crippen LogP contribution in [0, 0.1) is 5.82 Å². The number of anilines is 2. The van der Waals surface area contributed by atoms with Crippen LogP contribution < -0.4 is 10.2 Å². The summed E-state index contributed by atoms with van der Waals surface area (Å²) < 4.78 is 19.2. The van der Waals surface area contributed by atoms with E-state index in [1.165, 1.54) is 18.2 Å². The lowest BCUT2D eigenvalue weighted by Crippen LogP contribution is -2.36. The Morgan fingerprint density at radius 1 is 1.17 bits per heavy atom. The van der Waals surface area contributed by atoms with Gasteiger partial charge in [-0.1, -0.05) is 23.7 Å². The SMILES string of the molecule is O=C(Nc1ccccc1N1CCOCC1)c1cc(Cl)ccc1F. The Balaban J connectivity index is 1.85. The average Bonchev–Trinajstić information content (AvgIpc) is 2.58. The molecular formula is C17H16ClFN2O2. The van der Waals surface area contributed by atoms with Crippen molar-refractivity contribution in [2.75, 3.05) is 36.5 Å². The van der Waals surface area contributed by atoms with Crippen LogP contribution in [0.2, 0.25) is 5.02 Å². The van der Waals surface area contributed by atoms with Crippen LogP contribution in [0.5, 0.6) is 0 Å². The van der Waals surface area contributed by atoms with E-state index in [-0.39, 0.29) is 5.56 Å². The lowest BCUT2D eigenvalue weighted by Gasteiger charge is -2.30. The molecule has 0 saturated carbocycles. The third kappa shape index (κ3) is 3.63. The van der Waals surface area contributed by atoms with Gasteiger partial charge in [0.2, 0.25) is 0 Å². The molecule has 0 radical (unpaired) electrons. The Kier molecular flexibility index (Phi) is 4.79. The topological polar surface area (TPSA) is 41.6 Å². The molecule has 1 aliphatic rings. The largest absolute Gasteiger partial charge is 0.378 e. The first-order chi connectivity index (χ1) is 11.1. The minimum absolute atomic E-state index is 0.0747. The zero-order valence-electron chi connectivity index (χ0n) is 12.4. The van der Waals surface area contributed by atoms with Crippen molar-refractivity contribution in [3.05, 3.63) is 58.9 Å². The molecule has 1 fully saturated rings. The second-order valence-corrected chi connectivity index (χ2v) is 5.63. The number of morpholine rings is 1. The van der Waals surface area contributed by atoms with Crippen molar-refractivity contribution in [1.82, 2.24) is 0 Å². The van der Waals surface area contributed by atoms with Gasteiger partial charge in [-0.3, -0.25) is 4.79 Å². The Morgan fingerprint density at radius 3 is 2.70 bits per heavy atom. The van der Waals surface area contributed by atoms with Gasteiger partial charge in [-0.15, -0.1) is 0 Å². The lowest BCUT2D eigenvalue weighted by atomic mass is 10.1. The highest BCUT2D eigenvalue weighted by Gasteiger charge is 2.18. The van der Waals surface area contributed by atoms with E-state index in [4.69, 9.17) is 16.3 Å². The number of halogens is 2. The van der Waals surface area contributed by atoms with Crippen LogP contribution in [0.15, 0.2) is 42.5 Å². The molecule has 2 aromatic carbocycles. The molecule has 1 saturated heterocycles. The van der Waals surface area contributed by atoms with Crippen LogP contribution in [-0.2, 0) is 4.74 Å². The van der Waals surface area contributed by atoms with Gasteiger partial charge in [0.05, 0.1) is 30.2 Å². The number of carbonyl (C=O) groups excluding carboxylic acids is 1. The van der Waals surface area contributed by atoms with Crippen LogP contribution in [0.1, 0.15) is 10.4 Å². The van der Waals surface area contributed by atoms with Gasteiger partial charge in [0, 0.05) is 18.1 Å². The number of hydrogen-bond acceptors (Lipinski definition) is 3. The molecule has 0 aromatic heterocycles. The second kappa shape index (κ2) is 6.98. The van der Waals surface area contributed by atoms with Crippen molar-refractivity contribution in [1.29, 1.82) is 0 Å². The van der Waals surface area contributed by atoms with Gasteiger partial charge in [0.1, 0.15) is 5.82 Å². The number of ether oxygens (including phenoxy) is 1. The van der Waals surface area contributed by atoms with Crippen molar-refractivity contribution in [2.24, 2.45) is 0 Å². The smallest absolute Gasteiger partial charge is 0.258 e. The fourth-order valence-electron chi connectivity index (χ4n) is 2.52.